The van der Waals surface area contributed by atoms with E-state index >= 15 is 0 Å². The number of rotatable bonds is 2. The van der Waals surface area contributed by atoms with Gasteiger partial charge in [0.2, 0.25) is 0 Å². The number of hydrogen-bond acceptors (Lipinski definition) is 3. The molecule has 0 radical (unpaired) electrons. The largest absolute Gasteiger partial charge is 0.410 e. The highest BCUT2D eigenvalue weighted by atomic mass is 35.5. The maximum atomic E-state index is 13.8. The number of amides is 1. The molecule has 0 aliphatic carbocycles. The third-order valence-corrected chi connectivity index (χ3v) is 3.57. The van der Waals surface area contributed by atoms with Gasteiger partial charge in [-0.2, -0.15) is 0 Å². The summed E-state index contributed by atoms with van der Waals surface area (Å²) in [5.41, 5.74) is 1.27. The topological polar surface area (TPSA) is 52.9 Å². The van der Waals surface area contributed by atoms with E-state index in [0.717, 1.165) is 0 Å². The van der Waals surface area contributed by atoms with Gasteiger partial charge in [-0.3, -0.25) is 4.79 Å². The van der Waals surface area contributed by atoms with Crippen LogP contribution >= 0.6 is 11.6 Å². The first-order valence-corrected chi connectivity index (χ1v) is 6.57. The average molecular weight is 305 g/mol. The van der Waals surface area contributed by atoms with Crippen LogP contribution in [0.3, 0.4) is 0 Å². The minimum absolute atomic E-state index is 0.0547. The first kappa shape index (κ1) is 13.6. The molecule has 0 atom stereocenters. The van der Waals surface area contributed by atoms with E-state index in [1.165, 1.54) is 11.0 Å². The van der Waals surface area contributed by atoms with E-state index in [-0.39, 0.29) is 12.3 Å². The number of oxime groups is 1. The molecule has 1 aliphatic rings. The number of carbonyl (C=O) groups excluding carboxylic acids is 1. The van der Waals surface area contributed by atoms with Crippen LogP contribution in [-0.2, 0) is 11.3 Å². The summed E-state index contributed by atoms with van der Waals surface area (Å²) in [4.78, 5) is 13.7. The van der Waals surface area contributed by atoms with Crippen molar-refractivity contribution >= 4 is 28.9 Å². The molecule has 2 aromatic rings. The van der Waals surface area contributed by atoms with Gasteiger partial charge in [0.1, 0.15) is 5.82 Å². The Morgan fingerprint density at radius 1 is 1.24 bits per heavy atom. The molecule has 1 N–H and O–H groups in total. The van der Waals surface area contributed by atoms with Gasteiger partial charge < -0.3 is 10.1 Å². The van der Waals surface area contributed by atoms with E-state index in [0.29, 0.717) is 21.8 Å². The monoisotopic (exact) mass is 304 g/mol. The van der Waals surface area contributed by atoms with Crippen LogP contribution in [0.5, 0.6) is 0 Å². The Balaban J connectivity index is 2.05. The van der Waals surface area contributed by atoms with Gasteiger partial charge in [0.25, 0.3) is 5.91 Å². The van der Waals surface area contributed by atoms with Crippen molar-refractivity contribution in [3.8, 4) is 0 Å². The smallest absolute Gasteiger partial charge is 0.281 e. The zero-order valence-electron chi connectivity index (χ0n) is 10.8. The summed E-state index contributed by atoms with van der Waals surface area (Å²) in [5.74, 6) is -0.881. The first-order valence-electron chi connectivity index (χ1n) is 6.19. The molecule has 2 aromatic carbocycles. The van der Waals surface area contributed by atoms with Crippen LogP contribution in [0, 0.1) is 5.82 Å². The molecule has 0 aromatic heterocycles. The Hall–Kier alpha value is -2.40. The number of carbonyl (C=O) groups is 1. The number of nitrogens with zero attached hydrogens (tertiary/aromatic N) is 2. The van der Waals surface area contributed by atoms with Crippen molar-refractivity contribution in [1.29, 1.82) is 0 Å². The molecule has 3 rings (SSSR count). The normalized spacial score (nSPS) is 15.6. The van der Waals surface area contributed by atoms with Gasteiger partial charge in [-0.15, -0.1) is 0 Å². The second-order valence-corrected chi connectivity index (χ2v) is 5.03. The Kier molecular flexibility index (Phi) is 3.35. The van der Waals surface area contributed by atoms with Crippen molar-refractivity contribution in [2.45, 2.75) is 6.54 Å². The summed E-state index contributed by atoms with van der Waals surface area (Å²) in [5, 5.41) is 12.5. The van der Waals surface area contributed by atoms with Gasteiger partial charge in [-0.25, -0.2) is 4.39 Å². The molecule has 1 aliphatic heterocycles. The molecule has 4 nitrogen and oxygen atoms in total. The highest BCUT2D eigenvalue weighted by Gasteiger charge is 2.35. The Bertz CT molecular complexity index is 761. The number of hydrogen-bond donors (Lipinski definition) is 1. The maximum absolute atomic E-state index is 13.8. The SMILES string of the molecule is O=C1/C(=N\O)c2cc(Cl)ccc2N1Cc1ccccc1F. The molecule has 0 saturated carbocycles. The van der Waals surface area contributed by atoms with E-state index < -0.39 is 11.7 Å². The standard InChI is InChI=1S/C15H10ClFN2O2/c16-10-5-6-13-11(7-10)14(18-21)15(20)19(13)8-9-3-1-2-4-12(9)17/h1-7,21H,8H2/b18-14-. The Morgan fingerprint density at radius 2 is 2.00 bits per heavy atom. The predicted octanol–water partition coefficient (Wildman–Crippen LogP) is 3.20. The summed E-state index contributed by atoms with van der Waals surface area (Å²) < 4.78 is 13.8. The lowest BCUT2D eigenvalue weighted by atomic mass is 10.1. The van der Waals surface area contributed by atoms with Crippen molar-refractivity contribution in [1.82, 2.24) is 0 Å². The highest BCUT2D eigenvalue weighted by molar-refractivity contribution is 6.54. The van der Waals surface area contributed by atoms with Crippen LogP contribution in [0.4, 0.5) is 10.1 Å². The Morgan fingerprint density at radius 3 is 2.71 bits per heavy atom. The van der Waals surface area contributed by atoms with Crippen LogP contribution in [0.2, 0.25) is 5.02 Å². The minimum atomic E-state index is -0.488. The molecule has 0 unspecified atom stereocenters. The van der Waals surface area contributed by atoms with Crippen molar-refractivity contribution < 1.29 is 14.4 Å². The predicted molar refractivity (Wildman–Crippen MR) is 77.4 cm³/mol. The number of anilines is 1. The molecule has 1 heterocycles. The number of halogens is 2. The summed E-state index contributed by atoms with van der Waals surface area (Å²) in [7, 11) is 0. The number of fused-ring (bicyclic) bond motifs is 1. The summed E-state index contributed by atoms with van der Waals surface area (Å²) in [6.07, 6.45) is 0. The fraction of sp³-hybridized carbons (Fsp3) is 0.0667. The first-order chi connectivity index (χ1) is 10.1. The van der Waals surface area contributed by atoms with Crippen LogP contribution in [0.25, 0.3) is 0 Å². The third kappa shape index (κ3) is 2.25. The molecule has 1 amide bonds. The summed E-state index contributed by atoms with van der Waals surface area (Å²) in [6.45, 7) is 0.0547. The molecule has 0 bridgehead atoms. The summed E-state index contributed by atoms with van der Waals surface area (Å²) >= 11 is 5.90. The van der Waals surface area contributed by atoms with Crippen molar-refractivity contribution in [3.05, 3.63) is 64.4 Å². The molecule has 6 heteroatoms. The lowest BCUT2D eigenvalue weighted by Crippen LogP contribution is -2.29. The van der Waals surface area contributed by atoms with Crippen LogP contribution in [0.1, 0.15) is 11.1 Å². The van der Waals surface area contributed by atoms with Gasteiger partial charge in [0.15, 0.2) is 5.71 Å². The Labute approximate surface area is 125 Å². The van der Waals surface area contributed by atoms with Crippen molar-refractivity contribution in [2.24, 2.45) is 5.16 Å². The van der Waals surface area contributed by atoms with Gasteiger partial charge in [0.05, 0.1) is 12.2 Å². The highest BCUT2D eigenvalue weighted by Crippen LogP contribution is 2.33. The van der Waals surface area contributed by atoms with Gasteiger partial charge in [-0.05, 0) is 24.3 Å². The van der Waals surface area contributed by atoms with E-state index in [9.17, 15) is 9.18 Å². The van der Waals surface area contributed by atoms with E-state index in [1.807, 2.05) is 0 Å². The van der Waals surface area contributed by atoms with E-state index in [4.69, 9.17) is 16.8 Å². The van der Waals surface area contributed by atoms with Crippen LogP contribution in [0.15, 0.2) is 47.6 Å². The molecule has 0 spiro atoms. The summed E-state index contributed by atoms with van der Waals surface area (Å²) in [6, 6.07) is 11.0. The maximum Gasteiger partial charge on any atom is 0.281 e. The quantitative estimate of drug-likeness (QED) is 0.684. The molecule has 21 heavy (non-hydrogen) atoms. The van der Waals surface area contributed by atoms with E-state index in [2.05, 4.69) is 5.16 Å². The van der Waals surface area contributed by atoms with Gasteiger partial charge >= 0.3 is 0 Å². The second kappa shape index (κ2) is 5.18. The molecule has 106 valence electrons. The molecular formula is C15H10ClFN2O2. The van der Waals surface area contributed by atoms with Gasteiger partial charge in [-0.1, -0.05) is 35.0 Å². The molecule has 0 saturated heterocycles. The van der Waals surface area contributed by atoms with E-state index in [1.54, 1.807) is 36.4 Å². The zero-order valence-corrected chi connectivity index (χ0v) is 11.5. The average Bonchev–Trinajstić information content (AvgIpc) is 2.73. The fourth-order valence-corrected chi connectivity index (χ4v) is 2.51. The zero-order chi connectivity index (χ0) is 15.0. The fourth-order valence-electron chi connectivity index (χ4n) is 2.34. The number of benzene rings is 2. The minimum Gasteiger partial charge on any atom is -0.410 e. The lowest BCUT2D eigenvalue weighted by Gasteiger charge is -2.17. The lowest BCUT2D eigenvalue weighted by molar-refractivity contribution is -0.112. The van der Waals surface area contributed by atoms with Crippen molar-refractivity contribution in [3.63, 3.8) is 0 Å². The van der Waals surface area contributed by atoms with Gasteiger partial charge in [0, 0.05) is 16.1 Å². The van der Waals surface area contributed by atoms with Crippen molar-refractivity contribution in [2.75, 3.05) is 4.90 Å². The van der Waals surface area contributed by atoms with Crippen LogP contribution < -0.4 is 4.90 Å². The second-order valence-electron chi connectivity index (χ2n) is 4.59. The molecular weight excluding hydrogens is 295 g/mol. The molecule has 0 fully saturated rings. The third-order valence-electron chi connectivity index (χ3n) is 3.34. The van der Waals surface area contributed by atoms with Crippen LogP contribution in [-0.4, -0.2) is 16.8 Å².